The van der Waals surface area contributed by atoms with Crippen molar-refractivity contribution in [2.75, 3.05) is 26.2 Å². The first kappa shape index (κ1) is 15.9. The highest BCUT2D eigenvalue weighted by atomic mass is 16.3. The summed E-state index contributed by atoms with van der Waals surface area (Å²) in [6.45, 7) is 11.2. The van der Waals surface area contributed by atoms with E-state index in [1.165, 1.54) is 6.42 Å². The van der Waals surface area contributed by atoms with Crippen molar-refractivity contribution in [3.05, 3.63) is 0 Å². The number of unbranched alkanes of at least 4 members (excludes halogenated alkanes) is 1. The summed E-state index contributed by atoms with van der Waals surface area (Å²) in [5.74, 6) is 0. The first-order valence-corrected chi connectivity index (χ1v) is 6.43. The Morgan fingerprint density at radius 3 is 2.19 bits per heavy atom. The van der Waals surface area contributed by atoms with Crippen molar-refractivity contribution in [1.82, 2.24) is 4.90 Å². The molecule has 0 saturated carbocycles. The average molecular weight is 231 g/mol. The molecule has 0 rings (SSSR count). The number of hydrogen-bond acceptors (Lipinski definition) is 3. The van der Waals surface area contributed by atoms with Crippen LogP contribution in [0.5, 0.6) is 0 Å². The van der Waals surface area contributed by atoms with Gasteiger partial charge < -0.3 is 15.1 Å². The molecule has 3 nitrogen and oxygen atoms in total. The van der Waals surface area contributed by atoms with E-state index in [0.717, 1.165) is 32.5 Å². The Morgan fingerprint density at radius 1 is 1.12 bits per heavy atom. The van der Waals surface area contributed by atoms with Crippen molar-refractivity contribution in [3.8, 4) is 0 Å². The molecule has 0 radical (unpaired) electrons. The van der Waals surface area contributed by atoms with E-state index in [1.807, 2.05) is 0 Å². The highest BCUT2D eigenvalue weighted by Crippen LogP contribution is 2.21. The molecule has 0 aliphatic rings. The van der Waals surface area contributed by atoms with E-state index in [-0.39, 0.29) is 18.1 Å². The molecule has 0 bridgehead atoms. The van der Waals surface area contributed by atoms with Gasteiger partial charge in [0.1, 0.15) is 0 Å². The Kier molecular flexibility index (Phi) is 7.98. The van der Waals surface area contributed by atoms with Gasteiger partial charge in [-0.25, -0.2) is 0 Å². The van der Waals surface area contributed by atoms with Crippen molar-refractivity contribution < 1.29 is 10.2 Å². The van der Waals surface area contributed by atoms with Crippen LogP contribution >= 0.6 is 0 Å². The summed E-state index contributed by atoms with van der Waals surface area (Å²) in [7, 11) is 0. The van der Waals surface area contributed by atoms with E-state index in [4.69, 9.17) is 5.11 Å². The van der Waals surface area contributed by atoms with Gasteiger partial charge in [0.25, 0.3) is 0 Å². The van der Waals surface area contributed by atoms with E-state index in [9.17, 15) is 5.11 Å². The van der Waals surface area contributed by atoms with Crippen LogP contribution in [-0.4, -0.2) is 47.5 Å². The molecule has 98 valence electrons. The van der Waals surface area contributed by atoms with Crippen molar-refractivity contribution in [2.45, 2.75) is 53.1 Å². The first-order chi connectivity index (χ1) is 7.41. The molecule has 1 unspecified atom stereocenters. The van der Waals surface area contributed by atoms with E-state index >= 15 is 0 Å². The minimum atomic E-state index is -0.268. The molecule has 0 saturated heterocycles. The van der Waals surface area contributed by atoms with Crippen LogP contribution in [0.2, 0.25) is 0 Å². The predicted molar refractivity (Wildman–Crippen MR) is 68.5 cm³/mol. The van der Waals surface area contributed by atoms with Gasteiger partial charge in [-0.3, -0.25) is 0 Å². The van der Waals surface area contributed by atoms with E-state index < -0.39 is 0 Å². The Bertz CT molecular complexity index is 166. The van der Waals surface area contributed by atoms with Gasteiger partial charge in [-0.05, 0) is 24.8 Å². The number of nitrogens with zero attached hydrogens (tertiary/aromatic N) is 1. The summed E-state index contributed by atoms with van der Waals surface area (Å²) in [4.78, 5) is 2.23. The van der Waals surface area contributed by atoms with Crippen LogP contribution in [0.25, 0.3) is 0 Å². The van der Waals surface area contributed by atoms with E-state index in [1.54, 1.807) is 0 Å². The monoisotopic (exact) mass is 231 g/mol. The number of hydrogen-bond donors (Lipinski definition) is 2. The molecule has 0 aromatic rings. The Balaban J connectivity index is 3.91. The van der Waals surface area contributed by atoms with Crippen molar-refractivity contribution >= 4 is 0 Å². The average Bonchev–Trinajstić information content (AvgIpc) is 2.20. The molecule has 0 heterocycles. The Hall–Kier alpha value is -0.120. The lowest BCUT2D eigenvalue weighted by atomic mass is 9.87. The van der Waals surface area contributed by atoms with Crippen molar-refractivity contribution in [1.29, 1.82) is 0 Å². The minimum absolute atomic E-state index is 0.0460. The quantitative estimate of drug-likeness (QED) is 0.670. The van der Waals surface area contributed by atoms with Crippen LogP contribution in [0, 0.1) is 5.41 Å². The zero-order chi connectivity index (χ0) is 12.6. The fourth-order valence-electron chi connectivity index (χ4n) is 1.60. The molecule has 0 fully saturated rings. The van der Waals surface area contributed by atoms with Crippen LogP contribution in [0.4, 0.5) is 0 Å². The molecule has 16 heavy (non-hydrogen) atoms. The van der Waals surface area contributed by atoms with Crippen molar-refractivity contribution in [3.63, 3.8) is 0 Å². The smallest absolute Gasteiger partial charge is 0.0600 e. The molecule has 0 spiro atoms. The summed E-state index contributed by atoms with van der Waals surface area (Å²) >= 11 is 0. The maximum atomic E-state index is 9.94. The lowest BCUT2D eigenvalue weighted by Crippen LogP contribution is -2.34. The fourth-order valence-corrected chi connectivity index (χ4v) is 1.60. The molecular formula is C13H29NO2. The normalized spacial score (nSPS) is 14.4. The lowest BCUT2D eigenvalue weighted by Gasteiger charge is -2.29. The summed E-state index contributed by atoms with van der Waals surface area (Å²) in [5.41, 5.74) is -0.0460. The highest BCUT2D eigenvalue weighted by molar-refractivity contribution is 4.74. The van der Waals surface area contributed by atoms with E-state index in [0.29, 0.717) is 0 Å². The van der Waals surface area contributed by atoms with Gasteiger partial charge in [-0.15, -0.1) is 0 Å². The van der Waals surface area contributed by atoms with Gasteiger partial charge in [0.15, 0.2) is 0 Å². The van der Waals surface area contributed by atoms with Crippen LogP contribution in [0.15, 0.2) is 0 Å². The lowest BCUT2D eigenvalue weighted by molar-refractivity contribution is 0.0436. The van der Waals surface area contributed by atoms with Gasteiger partial charge in [0, 0.05) is 13.1 Å². The number of aliphatic hydroxyl groups is 2. The van der Waals surface area contributed by atoms with Crippen LogP contribution in [0.1, 0.15) is 47.0 Å². The Labute approximate surface area is 100 Å². The van der Waals surface area contributed by atoms with Gasteiger partial charge >= 0.3 is 0 Å². The summed E-state index contributed by atoms with van der Waals surface area (Å²) in [5, 5.41) is 18.9. The van der Waals surface area contributed by atoms with Crippen molar-refractivity contribution in [2.24, 2.45) is 5.41 Å². The molecule has 1 atom stereocenters. The molecule has 2 N–H and O–H groups in total. The highest BCUT2D eigenvalue weighted by Gasteiger charge is 2.22. The van der Waals surface area contributed by atoms with Gasteiger partial charge in [-0.2, -0.15) is 0 Å². The zero-order valence-electron chi connectivity index (χ0n) is 11.4. The van der Waals surface area contributed by atoms with Gasteiger partial charge in [-0.1, -0.05) is 34.1 Å². The second kappa shape index (κ2) is 8.04. The third-order valence-corrected chi connectivity index (χ3v) is 2.96. The standard InChI is InChI=1S/C13H29NO2/c1-5-6-8-14(10-11-15)9-7-12(16)13(2,3)4/h12,15-16H,5-11H2,1-4H3. The molecular weight excluding hydrogens is 202 g/mol. The van der Waals surface area contributed by atoms with Crippen LogP contribution in [-0.2, 0) is 0 Å². The summed E-state index contributed by atoms with van der Waals surface area (Å²) < 4.78 is 0. The molecule has 0 aliphatic heterocycles. The maximum Gasteiger partial charge on any atom is 0.0600 e. The predicted octanol–water partition coefficient (Wildman–Crippen LogP) is 1.88. The summed E-state index contributed by atoms with van der Waals surface area (Å²) in [6, 6.07) is 0. The first-order valence-electron chi connectivity index (χ1n) is 6.43. The Morgan fingerprint density at radius 2 is 1.75 bits per heavy atom. The molecule has 0 aromatic heterocycles. The topological polar surface area (TPSA) is 43.7 Å². The second-order valence-corrected chi connectivity index (χ2v) is 5.59. The third-order valence-electron chi connectivity index (χ3n) is 2.96. The van der Waals surface area contributed by atoms with Gasteiger partial charge in [0.2, 0.25) is 0 Å². The van der Waals surface area contributed by atoms with Crippen LogP contribution in [0.3, 0.4) is 0 Å². The number of rotatable bonds is 8. The fraction of sp³-hybridized carbons (Fsp3) is 1.00. The molecule has 0 aliphatic carbocycles. The molecule has 0 amide bonds. The maximum absolute atomic E-state index is 9.94. The second-order valence-electron chi connectivity index (χ2n) is 5.59. The molecule has 0 aromatic carbocycles. The zero-order valence-corrected chi connectivity index (χ0v) is 11.4. The number of aliphatic hydroxyl groups excluding tert-OH is 2. The van der Waals surface area contributed by atoms with E-state index in [2.05, 4.69) is 32.6 Å². The van der Waals surface area contributed by atoms with Gasteiger partial charge in [0.05, 0.1) is 12.7 Å². The third kappa shape index (κ3) is 7.20. The minimum Gasteiger partial charge on any atom is -0.395 e. The summed E-state index contributed by atoms with van der Waals surface area (Å²) in [6.07, 6.45) is 2.85. The molecule has 3 heteroatoms. The largest absolute Gasteiger partial charge is 0.395 e. The SMILES string of the molecule is CCCCN(CCO)CCC(O)C(C)(C)C. The van der Waals surface area contributed by atoms with Crippen LogP contribution < -0.4 is 0 Å².